The number of halogens is 1. The van der Waals surface area contributed by atoms with Crippen LogP contribution in [0.25, 0.3) is 0 Å². The summed E-state index contributed by atoms with van der Waals surface area (Å²) < 4.78 is 51.7. The number of benzene rings is 1. The summed E-state index contributed by atoms with van der Waals surface area (Å²) in [6.07, 6.45) is -2.74. The zero-order valence-corrected chi connectivity index (χ0v) is 12.5. The van der Waals surface area contributed by atoms with Gasteiger partial charge in [0, 0.05) is 0 Å². The van der Waals surface area contributed by atoms with Gasteiger partial charge < -0.3 is 9.29 Å². The molecule has 1 aromatic carbocycles. The predicted octanol–water partition coefficient (Wildman–Crippen LogP) is 0.0165. The predicted molar refractivity (Wildman–Crippen MR) is 72.3 cm³/mol. The van der Waals surface area contributed by atoms with Crippen LogP contribution in [0.2, 0.25) is 0 Å². The summed E-state index contributed by atoms with van der Waals surface area (Å²) >= 11 is 0. The van der Waals surface area contributed by atoms with Crippen molar-refractivity contribution in [2.45, 2.75) is 24.9 Å². The van der Waals surface area contributed by atoms with Gasteiger partial charge in [-0.05, 0) is 5.56 Å². The highest BCUT2D eigenvalue weighted by Gasteiger charge is 2.63. The molecule has 2 aliphatic rings. The first-order valence-corrected chi connectivity index (χ1v) is 8.07. The molecule has 0 spiro atoms. The van der Waals surface area contributed by atoms with Gasteiger partial charge in [0.2, 0.25) is 0 Å². The summed E-state index contributed by atoms with van der Waals surface area (Å²) in [4.78, 5) is 24.6. The van der Waals surface area contributed by atoms with Crippen LogP contribution in [0.5, 0.6) is 0 Å². The van der Waals surface area contributed by atoms with Crippen LogP contribution >= 0.6 is 0 Å². The average molecular weight is 343 g/mol. The molecule has 1 aromatic rings. The molecular formula is C13H12FN2O6S-. The minimum absolute atomic E-state index is 0.0488. The van der Waals surface area contributed by atoms with Crippen molar-refractivity contribution in [3.63, 3.8) is 0 Å². The van der Waals surface area contributed by atoms with E-state index in [0.29, 0.717) is 5.56 Å². The second kappa shape index (κ2) is 5.46. The number of nitrogens with zero attached hydrogens (tertiary/aromatic N) is 2. The summed E-state index contributed by atoms with van der Waals surface area (Å²) in [5, 5.41) is 0. The number of β-lactam (4-membered cyclic amide) rings is 1. The van der Waals surface area contributed by atoms with Crippen LogP contribution in [0.1, 0.15) is 5.56 Å². The van der Waals surface area contributed by atoms with E-state index in [4.69, 9.17) is 4.74 Å². The van der Waals surface area contributed by atoms with Crippen molar-refractivity contribution < 1.29 is 31.7 Å². The van der Waals surface area contributed by atoms with Crippen molar-refractivity contribution in [2.75, 3.05) is 6.54 Å². The summed E-state index contributed by atoms with van der Waals surface area (Å²) in [6.45, 7) is -0.566. The molecule has 0 aliphatic carbocycles. The minimum atomic E-state index is -5.09. The van der Waals surface area contributed by atoms with Crippen LogP contribution in [0.3, 0.4) is 0 Å². The molecule has 10 heteroatoms. The number of alkyl halides is 1. The number of amides is 2. The van der Waals surface area contributed by atoms with Crippen LogP contribution in [0, 0.1) is 0 Å². The zero-order valence-electron chi connectivity index (χ0n) is 11.7. The lowest BCUT2D eigenvalue weighted by atomic mass is 9.99. The highest BCUT2D eigenvalue weighted by molar-refractivity contribution is 7.84. The van der Waals surface area contributed by atoms with Crippen LogP contribution in [0.4, 0.5) is 9.18 Å². The Morgan fingerprint density at radius 2 is 2.00 bits per heavy atom. The molecular weight excluding hydrogens is 331 g/mol. The Hall–Kier alpha value is -2.20. The Morgan fingerprint density at radius 1 is 1.35 bits per heavy atom. The molecule has 0 aromatic heterocycles. The third-order valence-electron chi connectivity index (χ3n) is 3.82. The molecule has 0 saturated carbocycles. The van der Waals surface area contributed by atoms with Gasteiger partial charge in [-0.15, -0.1) is 0 Å². The van der Waals surface area contributed by atoms with E-state index in [1.165, 1.54) is 0 Å². The summed E-state index contributed by atoms with van der Waals surface area (Å²) in [7, 11) is -5.09. The van der Waals surface area contributed by atoms with Crippen molar-refractivity contribution in [2.24, 2.45) is 0 Å². The normalized spacial score (nSPS) is 26.7. The molecule has 3 atom stereocenters. The first-order valence-electron chi connectivity index (χ1n) is 6.71. The quantitative estimate of drug-likeness (QED) is 0.565. The fraction of sp³-hybridized carbons (Fsp3) is 0.385. The Kier molecular flexibility index (Phi) is 3.72. The van der Waals surface area contributed by atoms with Crippen molar-refractivity contribution in [1.29, 1.82) is 0 Å². The molecule has 3 rings (SSSR count). The second-order valence-corrected chi connectivity index (χ2v) is 6.48. The van der Waals surface area contributed by atoms with E-state index in [1.807, 2.05) is 0 Å². The van der Waals surface area contributed by atoms with Crippen LogP contribution in [-0.2, 0) is 26.4 Å². The number of carbonyl (C=O) groups is 2. The van der Waals surface area contributed by atoms with Crippen molar-refractivity contribution >= 4 is 22.3 Å². The summed E-state index contributed by atoms with van der Waals surface area (Å²) in [6, 6.07) is 5.95. The molecule has 2 amide bonds. The van der Waals surface area contributed by atoms with E-state index in [0.717, 1.165) is 4.90 Å². The SMILES string of the molecule is O=C(OCc1ccccc1)N1C[C@H](F)[C@@H]2[C@H]1C(=O)N2S(=O)(=O)[O-]. The van der Waals surface area contributed by atoms with E-state index in [1.54, 1.807) is 30.3 Å². The fourth-order valence-corrected chi connectivity index (χ4v) is 3.66. The molecule has 8 nitrogen and oxygen atoms in total. The molecule has 0 radical (unpaired) electrons. The molecule has 23 heavy (non-hydrogen) atoms. The number of fused-ring (bicyclic) bond motifs is 1. The Bertz CT molecular complexity index is 740. The van der Waals surface area contributed by atoms with E-state index in [-0.39, 0.29) is 10.9 Å². The standard InChI is InChI=1S/C13H13FN2O6S/c14-9-6-15(11-10(9)16(12(11)17)23(19,20)21)13(18)22-7-8-4-2-1-3-5-8/h1-5,9-11H,6-7H2,(H,19,20,21)/p-1/t9-,10+,11-/m0/s1. The summed E-state index contributed by atoms with van der Waals surface area (Å²) in [5.74, 6) is -1.11. The number of carbonyl (C=O) groups excluding carboxylic acids is 2. The van der Waals surface area contributed by atoms with Gasteiger partial charge in [0.1, 0.15) is 24.9 Å². The average Bonchev–Trinajstić information content (AvgIpc) is 2.77. The van der Waals surface area contributed by atoms with Gasteiger partial charge in [-0.3, -0.25) is 9.69 Å². The van der Waals surface area contributed by atoms with Crippen LogP contribution in [0.15, 0.2) is 30.3 Å². The molecule has 0 N–H and O–H groups in total. The summed E-state index contributed by atoms with van der Waals surface area (Å²) in [5.41, 5.74) is 0.706. The lowest BCUT2D eigenvalue weighted by Gasteiger charge is -2.45. The number of rotatable bonds is 3. The first-order chi connectivity index (χ1) is 10.8. The van der Waals surface area contributed by atoms with Crippen LogP contribution in [-0.4, -0.2) is 59.0 Å². The largest absolute Gasteiger partial charge is 0.731 e. The molecule has 2 fully saturated rings. The maximum absolute atomic E-state index is 13.9. The van der Waals surface area contributed by atoms with E-state index >= 15 is 0 Å². The number of hydrogen-bond acceptors (Lipinski definition) is 6. The van der Waals surface area contributed by atoms with Crippen LogP contribution < -0.4 is 0 Å². The Morgan fingerprint density at radius 3 is 2.61 bits per heavy atom. The molecule has 124 valence electrons. The lowest BCUT2D eigenvalue weighted by Crippen LogP contribution is -2.69. The first kappa shape index (κ1) is 15.7. The second-order valence-electron chi connectivity index (χ2n) is 5.24. The highest BCUT2D eigenvalue weighted by atomic mass is 32.2. The van der Waals surface area contributed by atoms with Gasteiger partial charge in [-0.2, -0.15) is 0 Å². The van der Waals surface area contributed by atoms with E-state index in [9.17, 15) is 27.0 Å². The molecule has 2 aliphatic heterocycles. The number of likely N-dealkylation sites (tertiary alicyclic amines) is 1. The Labute approximate surface area is 131 Å². The van der Waals surface area contributed by atoms with Gasteiger partial charge in [0.25, 0.3) is 5.91 Å². The third kappa shape index (κ3) is 2.63. The number of ether oxygens (including phenoxy) is 1. The van der Waals surface area contributed by atoms with Gasteiger partial charge in [0.05, 0.1) is 6.54 Å². The monoisotopic (exact) mass is 343 g/mol. The van der Waals surface area contributed by atoms with Gasteiger partial charge in [-0.1, -0.05) is 30.3 Å². The molecule has 0 bridgehead atoms. The van der Waals surface area contributed by atoms with Crippen molar-refractivity contribution in [3.8, 4) is 0 Å². The Balaban J connectivity index is 1.68. The minimum Gasteiger partial charge on any atom is -0.731 e. The van der Waals surface area contributed by atoms with Crippen molar-refractivity contribution in [1.82, 2.24) is 9.21 Å². The maximum Gasteiger partial charge on any atom is 0.410 e. The fourth-order valence-electron chi connectivity index (χ4n) is 2.79. The maximum atomic E-state index is 13.9. The lowest BCUT2D eigenvalue weighted by molar-refractivity contribution is -0.145. The van der Waals surface area contributed by atoms with Crippen molar-refractivity contribution in [3.05, 3.63) is 35.9 Å². The van der Waals surface area contributed by atoms with Gasteiger partial charge in [0.15, 0.2) is 10.3 Å². The zero-order chi connectivity index (χ0) is 16.8. The van der Waals surface area contributed by atoms with E-state index in [2.05, 4.69) is 0 Å². The molecule has 2 heterocycles. The van der Waals surface area contributed by atoms with E-state index < -0.39 is 47.1 Å². The van der Waals surface area contributed by atoms with Gasteiger partial charge >= 0.3 is 6.09 Å². The molecule has 2 saturated heterocycles. The number of hydrogen-bond donors (Lipinski definition) is 0. The smallest absolute Gasteiger partial charge is 0.410 e. The third-order valence-corrected chi connectivity index (χ3v) is 4.73. The highest BCUT2D eigenvalue weighted by Crippen LogP contribution is 2.37. The topological polar surface area (TPSA) is 107 Å². The van der Waals surface area contributed by atoms with Gasteiger partial charge in [-0.25, -0.2) is 21.9 Å². The molecule has 0 unspecified atom stereocenters.